The fourth-order valence-electron chi connectivity index (χ4n) is 3.66. The zero-order valence-electron chi connectivity index (χ0n) is 17.4. The first-order valence-electron chi connectivity index (χ1n) is 10.1. The van der Waals surface area contributed by atoms with Crippen LogP contribution in [0.3, 0.4) is 0 Å². The third kappa shape index (κ3) is 8.38. The molecule has 168 valence electrons. The molecule has 0 saturated carbocycles. The lowest BCUT2D eigenvalue weighted by Crippen LogP contribution is -2.54. The minimum absolute atomic E-state index is 0.0988. The predicted molar refractivity (Wildman–Crippen MR) is 100 cm³/mol. The van der Waals surface area contributed by atoms with E-state index in [0.717, 1.165) is 0 Å². The van der Waals surface area contributed by atoms with Gasteiger partial charge in [-0.25, -0.2) is 4.79 Å². The van der Waals surface area contributed by atoms with Crippen LogP contribution < -0.4 is 5.32 Å². The predicted octanol–water partition coefficient (Wildman–Crippen LogP) is 2.40. The van der Waals surface area contributed by atoms with Crippen molar-refractivity contribution in [1.82, 2.24) is 15.1 Å². The van der Waals surface area contributed by atoms with Gasteiger partial charge in [-0.15, -0.1) is 0 Å². The Morgan fingerprint density at radius 1 is 1.10 bits per heavy atom. The van der Waals surface area contributed by atoms with Gasteiger partial charge in [-0.2, -0.15) is 13.2 Å². The molecule has 2 aliphatic heterocycles. The summed E-state index contributed by atoms with van der Waals surface area (Å²) in [4.78, 5) is 28.4. The van der Waals surface area contributed by atoms with E-state index in [1.807, 2.05) is 0 Å². The average molecular weight is 423 g/mol. The first-order chi connectivity index (χ1) is 13.4. The molecular weight excluding hydrogens is 391 g/mol. The summed E-state index contributed by atoms with van der Waals surface area (Å²) in [6.45, 7) is 6.24. The maximum Gasteiger partial charge on any atom is 0.408 e. The van der Waals surface area contributed by atoms with Crippen molar-refractivity contribution < 1.29 is 32.2 Å². The van der Waals surface area contributed by atoms with Gasteiger partial charge in [-0.1, -0.05) is 0 Å². The van der Waals surface area contributed by atoms with E-state index in [0.29, 0.717) is 39.0 Å². The van der Waals surface area contributed by atoms with Gasteiger partial charge in [0.1, 0.15) is 11.6 Å². The molecule has 0 unspecified atom stereocenters. The van der Waals surface area contributed by atoms with Gasteiger partial charge in [0.2, 0.25) is 5.91 Å². The minimum Gasteiger partial charge on any atom is -0.444 e. The Morgan fingerprint density at radius 2 is 1.76 bits per heavy atom. The van der Waals surface area contributed by atoms with Crippen molar-refractivity contribution >= 4 is 12.0 Å². The number of alkyl halides is 3. The number of alkyl carbamates (subject to hydrolysis) is 1. The molecule has 2 aliphatic rings. The number of amides is 2. The first kappa shape index (κ1) is 23.7. The molecule has 0 spiro atoms. The van der Waals surface area contributed by atoms with E-state index in [4.69, 9.17) is 9.47 Å². The number of carbonyl (C=O) groups is 2. The highest BCUT2D eigenvalue weighted by atomic mass is 19.4. The summed E-state index contributed by atoms with van der Waals surface area (Å²) >= 11 is 0. The minimum atomic E-state index is -4.26. The van der Waals surface area contributed by atoms with Crippen LogP contribution in [0.5, 0.6) is 0 Å². The van der Waals surface area contributed by atoms with Crippen LogP contribution in [0.15, 0.2) is 0 Å². The van der Waals surface area contributed by atoms with Gasteiger partial charge < -0.3 is 19.7 Å². The highest BCUT2D eigenvalue weighted by molar-refractivity contribution is 5.86. The molecule has 29 heavy (non-hydrogen) atoms. The molecule has 7 nitrogen and oxygen atoms in total. The molecule has 0 aromatic carbocycles. The topological polar surface area (TPSA) is 71.1 Å². The SMILES string of the molecule is CC(C)(C)OC(=O)N[C@@H](C(=O)N1CCCN(CC(F)(F)F)CC1)C1CCOCC1. The second kappa shape index (κ2) is 9.97. The summed E-state index contributed by atoms with van der Waals surface area (Å²) in [7, 11) is 0. The molecular formula is C19H32F3N3O4. The average Bonchev–Trinajstić information content (AvgIpc) is 2.82. The molecule has 0 aliphatic carbocycles. The van der Waals surface area contributed by atoms with Gasteiger partial charge in [-0.05, 0) is 46.0 Å². The van der Waals surface area contributed by atoms with Crippen LogP contribution >= 0.6 is 0 Å². The summed E-state index contributed by atoms with van der Waals surface area (Å²) in [6, 6.07) is -0.775. The van der Waals surface area contributed by atoms with Crippen LogP contribution in [0.1, 0.15) is 40.0 Å². The molecule has 2 heterocycles. The van der Waals surface area contributed by atoms with Crippen molar-refractivity contribution in [2.75, 3.05) is 45.9 Å². The largest absolute Gasteiger partial charge is 0.444 e. The zero-order valence-corrected chi connectivity index (χ0v) is 17.4. The fraction of sp³-hybridized carbons (Fsp3) is 0.895. The van der Waals surface area contributed by atoms with Gasteiger partial charge in [0, 0.05) is 39.4 Å². The first-order valence-corrected chi connectivity index (χ1v) is 10.1. The summed E-state index contributed by atoms with van der Waals surface area (Å²) in [5, 5.41) is 2.71. The Kier molecular flexibility index (Phi) is 8.16. The number of rotatable bonds is 4. The van der Waals surface area contributed by atoms with E-state index in [2.05, 4.69) is 5.32 Å². The lowest BCUT2D eigenvalue weighted by molar-refractivity contribution is -0.145. The fourth-order valence-corrected chi connectivity index (χ4v) is 3.66. The number of halogens is 3. The van der Waals surface area contributed by atoms with E-state index in [1.165, 1.54) is 4.90 Å². The highest BCUT2D eigenvalue weighted by Gasteiger charge is 2.37. The molecule has 2 amide bonds. The molecule has 2 saturated heterocycles. The Morgan fingerprint density at radius 3 is 2.34 bits per heavy atom. The van der Waals surface area contributed by atoms with Crippen LogP contribution in [0, 0.1) is 5.92 Å². The molecule has 1 atom stereocenters. The van der Waals surface area contributed by atoms with Crippen molar-refractivity contribution in [3.8, 4) is 0 Å². The molecule has 10 heteroatoms. The molecule has 2 rings (SSSR count). The number of hydrogen-bond donors (Lipinski definition) is 1. The zero-order chi connectivity index (χ0) is 21.7. The summed E-state index contributed by atoms with van der Waals surface area (Å²) in [6.07, 6.45) is -3.23. The second-order valence-corrected chi connectivity index (χ2v) is 8.64. The van der Waals surface area contributed by atoms with Crippen molar-refractivity contribution in [3.63, 3.8) is 0 Å². The van der Waals surface area contributed by atoms with Gasteiger partial charge in [0.15, 0.2) is 0 Å². The second-order valence-electron chi connectivity index (χ2n) is 8.64. The van der Waals surface area contributed by atoms with Crippen LogP contribution in [-0.2, 0) is 14.3 Å². The van der Waals surface area contributed by atoms with Crippen molar-refractivity contribution in [2.24, 2.45) is 5.92 Å². The van der Waals surface area contributed by atoms with Crippen LogP contribution in [-0.4, -0.2) is 85.6 Å². The number of hydrogen-bond acceptors (Lipinski definition) is 5. The number of carbonyl (C=O) groups excluding carboxylic acids is 2. The van der Waals surface area contributed by atoms with E-state index in [1.54, 1.807) is 25.7 Å². The van der Waals surface area contributed by atoms with Crippen LogP contribution in [0.25, 0.3) is 0 Å². The molecule has 0 radical (unpaired) electrons. The van der Waals surface area contributed by atoms with Gasteiger partial charge in [-0.3, -0.25) is 9.69 Å². The third-order valence-electron chi connectivity index (χ3n) is 4.98. The maximum atomic E-state index is 13.2. The summed E-state index contributed by atoms with van der Waals surface area (Å²) < 4.78 is 48.7. The van der Waals surface area contributed by atoms with Gasteiger partial charge >= 0.3 is 12.3 Å². The lowest BCUT2D eigenvalue weighted by Gasteiger charge is -2.34. The van der Waals surface area contributed by atoms with Crippen molar-refractivity contribution in [1.29, 1.82) is 0 Å². The van der Waals surface area contributed by atoms with Gasteiger partial charge in [0.05, 0.1) is 6.54 Å². The van der Waals surface area contributed by atoms with Crippen LogP contribution in [0.2, 0.25) is 0 Å². The monoisotopic (exact) mass is 423 g/mol. The Balaban J connectivity index is 2.04. The quantitative estimate of drug-likeness (QED) is 0.752. The van der Waals surface area contributed by atoms with E-state index >= 15 is 0 Å². The van der Waals surface area contributed by atoms with E-state index in [9.17, 15) is 22.8 Å². The number of nitrogens with zero attached hydrogens (tertiary/aromatic N) is 2. The number of ether oxygens (including phenoxy) is 2. The van der Waals surface area contributed by atoms with Gasteiger partial charge in [0.25, 0.3) is 0 Å². The molecule has 0 aromatic rings. The van der Waals surface area contributed by atoms with E-state index in [-0.39, 0.29) is 31.5 Å². The Hall–Kier alpha value is -1.55. The summed E-state index contributed by atoms with van der Waals surface area (Å²) in [5.41, 5.74) is -0.700. The summed E-state index contributed by atoms with van der Waals surface area (Å²) in [5.74, 6) is -0.366. The lowest BCUT2D eigenvalue weighted by atomic mass is 9.90. The normalized spacial score (nSPS) is 21.4. The highest BCUT2D eigenvalue weighted by Crippen LogP contribution is 2.22. The van der Waals surface area contributed by atoms with Crippen molar-refractivity contribution in [3.05, 3.63) is 0 Å². The molecule has 1 N–H and O–H groups in total. The molecule has 0 aromatic heterocycles. The van der Waals surface area contributed by atoms with Crippen molar-refractivity contribution in [2.45, 2.75) is 57.9 Å². The standard InChI is InChI=1S/C19H32F3N3O4/c1-18(2,3)29-17(27)23-15(14-5-11-28-12-6-14)16(26)25-8-4-7-24(9-10-25)13-19(20,21)22/h14-15H,4-13H2,1-3H3,(H,23,27)/t15-/m1/s1. The third-order valence-corrected chi connectivity index (χ3v) is 4.98. The Labute approximate surface area is 169 Å². The Bertz CT molecular complexity index is 560. The maximum absolute atomic E-state index is 13.2. The van der Waals surface area contributed by atoms with E-state index < -0.39 is 30.5 Å². The smallest absolute Gasteiger partial charge is 0.408 e. The molecule has 0 bridgehead atoms. The molecule has 2 fully saturated rings. The van der Waals surface area contributed by atoms with Crippen LogP contribution in [0.4, 0.5) is 18.0 Å². The number of nitrogens with one attached hydrogen (secondary N) is 1.